The zero-order valence-electron chi connectivity index (χ0n) is 8.54. The van der Waals surface area contributed by atoms with Gasteiger partial charge in [0, 0.05) is 11.4 Å². The normalized spacial score (nSPS) is 10.1. The predicted octanol–water partition coefficient (Wildman–Crippen LogP) is 2.74. The lowest BCUT2D eigenvalue weighted by Crippen LogP contribution is -2.07. The van der Waals surface area contributed by atoms with Crippen molar-refractivity contribution in [3.05, 3.63) is 28.8 Å². The summed E-state index contributed by atoms with van der Waals surface area (Å²) in [5.74, 6) is -0.416. The maximum absolute atomic E-state index is 11.5. The van der Waals surface area contributed by atoms with Crippen LogP contribution in [-0.4, -0.2) is 19.6 Å². The Labute approximate surface area is 98.3 Å². The number of carbonyl (C=O) groups excluding carboxylic acids is 1. The van der Waals surface area contributed by atoms with E-state index in [1.807, 2.05) is 13.0 Å². The lowest BCUT2D eigenvalue weighted by atomic mass is 10.2. The summed E-state index contributed by atoms with van der Waals surface area (Å²) in [7, 11) is 1.34. The fourth-order valence-electron chi connectivity index (χ4n) is 1.04. The average molecular weight is 246 g/mol. The highest BCUT2D eigenvalue weighted by molar-refractivity contribution is 7.97. The number of hydrogen-bond acceptors (Lipinski definition) is 4. The number of methoxy groups -OCH3 is 1. The lowest BCUT2D eigenvalue weighted by Gasteiger charge is -2.08. The molecule has 0 saturated heterocycles. The van der Waals surface area contributed by atoms with E-state index in [0.717, 1.165) is 11.4 Å². The van der Waals surface area contributed by atoms with Gasteiger partial charge in [-0.05, 0) is 24.1 Å². The van der Waals surface area contributed by atoms with E-state index in [-0.39, 0.29) is 0 Å². The minimum atomic E-state index is -0.416. The van der Waals surface area contributed by atoms with Crippen molar-refractivity contribution >= 4 is 29.5 Å². The molecule has 1 N–H and O–H groups in total. The molecule has 0 aliphatic carbocycles. The second-order valence-electron chi connectivity index (χ2n) is 2.70. The summed E-state index contributed by atoms with van der Waals surface area (Å²) in [6.45, 7) is 2.78. The standard InChI is InChI=1S/C10H12ClNO2S/c1-3-12-15-8-6-4-5-7(11)9(8)10(13)14-2/h4-6,12H,3H2,1-2H3. The van der Waals surface area contributed by atoms with Crippen LogP contribution in [0.1, 0.15) is 17.3 Å². The molecule has 0 spiro atoms. The number of esters is 1. The molecule has 0 atom stereocenters. The van der Waals surface area contributed by atoms with Crippen LogP contribution in [0.4, 0.5) is 0 Å². The maximum atomic E-state index is 11.5. The fraction of sp³-hybridized carbons (Fsp3) is 0.300. The summed E-state index contributed by atoms with van der Waals surface area (Å²) < 4.78 is 7.73. The molecule has 0 saturated carbocycles. The Morgan fingerprint density at radius 1 is 1.60 bits per heavy atom. The number of halogens is 1. The van der Waals surface area contributed by atoms with Crippen molar-refractivity contribution in [3.63, 3.8) is 0 Å². The molecule has 0 fully saturated rings. The van der Waals surface area contributed by atoms with Crippen LogP contribution < -0.4 is 4.72 Å². The van der Waals surface area contributed by atoms with E-state index in [4.69, 9.17) is 11.6 Å². The number of hydrogen-bond donors (Lipinski definition) is 1. The Bertz CT molecular complexity index is 357. The third kappa shape index (κ3) is 3.12. The number of rotatable bonds is 4. The van der Waals surface area contributed by atoms with Gasteiger partial charge >= 0.3 is 5.97 Å². The Morgan fingerprint density at radius 3 is 2.93 bits per heavy atom. The second kappa shape index (κ2) is 6.00. The zero-order chi connectivity index (χ0) is 11.3. The van der Waals surface area contributed by atoms with Gasteiger partial charge in [0.15, 0.2) is 0 Å². The van der Waals surface area contributed by atoms with Crippen LogP contribution in [0, 0.1) is 0 Å². The van der Waals surface area contributed by atoms with E-state index < -0.39 is 5.97 Å². The average Bonchev–Trinajstić information content (AvgIpc) is 2.25. The molecule has 5 heteroatoms. The third-order valence-electron chi connectivity index (χ3n) is 1.69. The minimum absolute atomic E-state index is 0.407. The summed E-state index contributed by atoms with van der Waals surface area (Å²) in [6.07, 6.45) is 0. The molecule has 0 aliphatic heterocycles. The molecule has 1 aromatic carbocycles. The summed E-state index contributed by atoms with van der Waals surface area (Å²) in [5.41, 5.74) is 0.410. The molecule has 3 nitrogen and oxygen atoms in total. The Hall–Kier alpha value is -0.710. The van der Waals surface area contributed by atoms with Crippen LogP contribution in [0.2, 0.25) is 5.02 Å². The summed E-state index contributed by atoms with van der Waals surface area (Å²) >= 11 is 7.31. The first-order chi connectivity index (χ1) is 7.20. The molecule has 0 aromatic heterocycles. The zero-order valence-corrected chi connectivity index (χ0v) is 10.1. The molecule has 0 bridgehead atoms. The van der Waals surface area contributed by atoms with Crippen LogP contribution in [0.25, 0.3) is 0 Å². The van der Waals surface area contributed by atoms with Crippen molar-refractivity contribution < 1.29 is 9.53 Å². The number of benzene rings is 1. The highest BCUT2D eigenvalue weighted by Gasteiger charge is 2.15. The lowest BCUT2D eigenvalue weighted by molar-refractivity contribution is 0.0597. The first-order valence-electron chi connectivity index (χ1n) is 4.47. The number of nitrogens with one attached hydrogen (secondary N) is 1. The van der Waals surface area contributed by atoms with E-state index in [0.29, 0.717) is 10.6 Å². The Morgan fingerprint density at radius 2 is 2.33 bits per heavy atom. The summed E-state index contributed by atoms with van der Waals surface area (Å²) in [4.78, 5) is 12.2. The molecular formula is C10H12ClNO2S. The molecule has 15 heavy (non-hydrogen) atoms. The van der Waals surface area contributed by atoms with E-state index >= 15 is 0 Å². The van der Waals surface area contributed by atoms with Gasteiger partial charge in [-0.2, -0.15) is 0 Å². The van der Waals surface area contributed by atoms with Gasteiger partial charge in [-0.1, -0.05) is 24.6 Å². The number of ether oxygens (including phenoxy) is 1. The first-order valence-corrected chi connectivity index (χ1v) is 5.66. The van der Waals surface area contributed by atoms with Crippen LogP contribution >= 0.6 is 23.5 Å². The molecule has 82 valence electrons. The second-order valence-corrected chi connectivity index (χ2v) is 4.04. The topological polar surface area (TPSA) is 38.3 Å². The SMILES string of the molecule is CCNSc1cccc(Cl)c1C(=O)OC. The molecule has 0 heterocycles. The molecule has 0 amide bonds. The molecule has 1 rings (SSSR count). The largest absolute Gasteiger partial charge is 0.465 e. The van der Waals surface area contributed by atoms with Gasteiger partial charge in [-0.15, -0.1) is 0 Å². The molecule has 0 aliphatic rings. The van der Waals surface area contributed by atoms with E-state index in [9.17, 15) is 4.79 Å². The van der Waals surface area contributed by atoms with Crippen LogP contribution in [0.3, 0.4) is 0 Å². The van der Waals surface area contributed by atoms with Gasteiger partial charge in [-0.3, -0.25) is 4.72 Å². The van der Waals surface area contributed by atoms with Gasteiger partial charge in [0.2, 0.25) is 0 Å². The highest BCUT2D eigenvalue weighted by atomic mass is 35.5. The van der Waals surface area contributed by atoms with Crippen LogP contribution in [-0.2, 0) is 4.74 Å². The van der Waals surface area contributed by atoms with Crippen LogP contribution in [0.15, 0.2) is 23.1 Å². The summed E-state index contributed by atoms with van der Waals surface area (Å²) in [5, 5.41) is 0.407. The van der Waals surface area contributed by atoms with Gasteiger partial charge in [-0.25, -0.2) is 4.79 Å². The molecule has 0 unspecified atom stereocenters. The van der Waals surface area contributed by atoms with Crippen molar-refractivity contribution in [2.45, 2.75) is 11.8 Å². The van der Waals surface area contributed by atoms with Crippen molar-refractivity contribution in [2.75, 3.05) is 13.7 Å². The van der Waals surface area contributed by atoms with Gasteiger partial charge in [0.25, 0.3) is 0 Å². The van der Waals surface area contributed by atoms with Gasteiger partial charge in [0.05, 0.1) is 17.7 Å². The first kappa shape index (κ1) is 12.4. The third-order valence-corrected chi connectivity index (χ3v) is 3.00. The quantitative estimate of drug-likeness (QED) is 0.654. The van der Waals surface area contributed by atoms with Crippen LogP contribution in [0.5, 0.6) is 0 Å². The Balaban J connectivity index is 3.03. The maximum Gasteiger partial charge on any atom is 0.340 e. The van der Waals surface area contributed by atoms with Gasteiger partial charge < -0.3 is 4.74 Å². The van der Waals surface area contributed by atoms with E-state index in [1.165, 1.54) is 19.1 Å². The van der Waals surface area contributed by atoms with Crippen molar-refractivity contribution in [3.8, 4) is 0 Å². The molecular weight excluding hydrogens is 234 g/mol. The molecule has 0 radical (unpaired) electrons. The number of carbonyl (C=O) groups is 1. The predicted molar refractivity (Wildman–Crippen MR) is 62.3 cm³/mol. The fourth-order valence-corrected chi connectivity index (χ4v) is 2.09. The van der Waals surface area contributed by atoms with E-state index in [2.05, 4.69) is 9.46 Å². The smallest absolute Gasteiger partial charge is 0.340 e. The van der Waals surface area contributed by atoms with Gasteiger partial charge in [0.1, 0.15) is 0 Å². The van der Waals surface area contributed by atoms with Crippen molar-refractivity contribution in [1.29, 1.82) is 0 Å². The highest BCUT2D eigenvalue weighted by Crippen LogP contribution is 2.27. The minimum Gasteiger partial charge on any atom is -0.465 e. The van der Waals surface area contributed by atoms with E-state index in [1.54, 1.807) is 12.1 Å². The van der Waals surface area contributed by atoms with Crippen molar-refractivity contribution in [2.24, 2.45) is 0 Å². The van der Waals surface area contributed by atoms with Crippen molar-refractivity contribution in [1.82, 2.24) is 4.72 Å². The molecule has 1 aromatic rings. The Kier molecular flexibility index (Phi) is 4.94. The summed E-state index contributed by atoms with van der Waals surface area (Å²) in [6, 6.07) is 5.30. The monoisotopic (exact) mass is 245 g/mol.